The molecule has 4 nitrogen and oxygen atoms in total. The number of nitrogens with zero attached hydrogens (tertiary/aromatic N) is 1. The number of halogens is 1. The van der Waals surface area contributed by atoms with E-state index in [1.807, 2.05) is 12.1 Å². The second-order valence-electron chi connectivity index (χ2n) is 4.08. The maximum atomic E-state index is 5.60. The average Bonchev–Trinajstić information content (AvgIpc) is 2.86. The molecule has 2 heterocycles. The predicted molar refractivity (Wildman–Crippen MR) is 68.7 cm³/mol. The van der Waals surface area contributed by atoms with Gasteiger partial charge < -0.3 is 14.2 Å². The monoisotopic (exact) mass is 298 g/mol. The van der Waals surface area contributed by atoms with Crippen molar-refractivity contribution in [2.75, 3.05) is 6.54 Å². The molecule has 92 valence electrons. The molecule has 0 atom stereocenters. The van der Waals surface area contributed by atoms with Crippen LogP contribution in [-0.2, 0) is 6.42 Å². The van der Waals surface area contributed by atoms with Gasteiger partial charge in [-0.1, -0.05) is 13.8 Å². The second-order valence-corrected chi connectivity index (χ2v) is 4.86. The molecule has 2 aromatic rings. The molecule has 0 spiro atoms. The third kappa shape index (κ3) is 3.44. The molecule has 17 heavy (non-hydrogen) atoms. The number of furan rings is 1. The first-order chi connectivity index (χ1) is 8.15. The van der Waals surface area contributed by atoms with Gasteiger partial charge in [-0.2, -0.15) is 0 Å². The minimum atomic E-state index is 0.477. The molecule has 2 aromatic heterocycles. The van der Waals surface area contributed by atoms with E-state index in [9.17, 15) is 0 Å². The first kappa shape index (κ1) is 12.4. The third-order valence-corrected chi connectivity index (χ3v) is 2.69. The van der Waals surface area contributed by atoms with Crippen LogP contribution in [0, 0.1) is 0 Å². The van der Waals surface area contributed by atoms with E-state index in [4.69, 9.17) is 8.83 Å². The van der Waals surface area contributed by atoms with Gasteiger partial charge in [-0.05, 0) is 28.1 Å². The first-order valence-corrected chi connectivity index (χ1v) is 6.38. The van der Waals surface area contributed by atoms with E-state index in [1.54, 1.807) is 6.20 Å². The summed E-state index contributed by atoms with van der Waals surface area (Å²) >= 11 is 3.26. The van der Waals surface area contributed by atoms with Crippen molar-refractivity contribution in [2.24, 2.45) is 0 Å². The molecule has 0 fully saturated rings. The molecule has 1 N–H and O–H groups in total. The van der Waals surface area contributed by atoms with E-state index in [0.29, 0.717) is 22.2 Å². The molecule has 2 rings (SSSR count). The minimum Gasteiger partial charge on any atom is -0.446 e. The molecule has 0 aliphatic heterocycles. The molecule has 0 radical (unpaired) electrons. The van der Waals surface area contributed by atoms with Crippen LogP contribution in [0.4, 0.5) is 0 Å². The van der Waals surface area contributed by atoms with Crippen molar-refractivity contribution in [1.82, 2.24) is 10.3 Å². The molecule has 0 aromatic carbocycles. The third-order valence-electron chi connectivity index (χ3n) is 2.26. The van der Waals surface area contributed by atoms with Crippen LogP contribution in [0.5, 0.6) is 0 Å². The summed E-state index contributed by atoms with van der Waals surface area (Å²) < 4.78 is 11.7. The van der Waals surface area contributed by atoms with E-state index in [2.05, 4.69) is 40.1 Å². The van der Waals surface area contributed by atoms with Crippen LogP contribution in [0.2, 0.25) is 0 Å². The van der Waals surface area contributed by atoms with Crippen molar-refractivity contribution < 1.29 is 8.83 Å². The highest BCUT2D eigenvalue weighted by atomic mass is 79.9. The SMILES string of the molecule is CC(C)NCCc1ncc(-c2ccc(Br)o2)o1. The molecular formula is C12H15BrN2O2. The Bertz CT molecular complexity index is 476. The van der Waals surface area contributed by atoms with E-state index in [-0.39, 0.29) is 0 Å². The van der Waals surface area contributed by atoms with Crippen LogP contribution in [0.25, 0.3) is 11.5 Å². The van der Waals surface area contributed by atoms with Gasteiger partial charge in [-0.15, -0.1) is 0 Å². The first-order valence-electron chi connectivity index (χ1n) is 5.59. The topological polar surface area (TPSA) is 51.2 Å². The minimum absolute atomic E-state index is 0.477. The molecule has 0 saturated heterocycles. The van der Waals surface area contributed by atoms with Crippen LogP contribution in [0.1, 0.15) is 19.7 Å². The highest BCUT2D eigenvalue weighted by molar-refractivity contribution is 9.10. The fraction of sp³-hybridized carbons (Fsp3) is 0.417. The maximum absolute atomic E-state index is 5.60. The average molecular weight is 299 g/mol. The van der Waals surface area contributed by atoms with Gasteiger partial charge in [0, 0.05) is 19.0 Å². The Balaban J connectivity index is 1.96. The Kier molecular flexibility index (Phi) is 4.02. The molecule has 0 aliphatic carbocycles. The van der Waals surface area contributed by atoms with Crippen molar-refractivity contribution in [1.29, 1.82) is 0 Å². The van der Waals surface area contributed by atoms with Crippen LogP contribution >= 0.6 is 15.9 Å². The zero-order valence-corrected chi connectivity index (χ0v) is 11.5. The Hall–Kier alpha value is -1.07. The lowest BCUT2D eigenvalue weighted by atomic mass is 10.3. The van der Waals surface area contributed by atoms with E-state index in [0.717, 1.165) is 18.9 Å². The second kappa shape index (κ2) is 5.51. The molecule has 0 amide bonds. The fourth-order valence-corrected chi connectivity index (χ4v) is 1.76. The summed E-state index contributed by atoms with van der Waals surface area (Å²) in [7, 11) is 0. The molecule has 0 saturated carbocycles. The lowest BCUT2D eigenvalue weighted by Crippen LogP contribution is -2.24. The predicted octanol–water partition coefficient (Wildman–Crippen LogP) is 3.24. The Morgan fingerprint density at radius 3 is 2.76 bits per heavy atom. The Morgan fingerprint density at radius 1 is 1.29 bits per heavy atom. The van der Waals surface area contributed by atoms with Gasteiger partial charge in [0.2, 0.25) is 0 Å². The molecule has 0 aliphatic rings. The summed E-state index contributed by atoms with van der Waals surface area (Å²) in [6, 6.07) is 4.16. The van der Waals surface area contributed by atoms with Crippen LogP contribution in [0.15, 0.2) is 31.8 Å². The normalized spacial score (nSPS) is 11.3. The smallest absolute Gasteiger partial charge is 0.196 e. The van der Waals surface area contributed by atoms with Gasteiger partial charge >= 0.3 is 0 Å². The quantitative estimate of drug-likeness (QED) is 0.921. The Morgan fingerprint density at radius 2 is 2.12 bits per heavy atom. The molecule has 0 bridgehead atoms. The molecule has 5 heteroatoms. The van der Waals surface area contributed by atoms with Gasteiger partial charge in [-0.3, -0.25) is 0 Å². The highest BCUT2D eigenvalue weighted by Gasteiger charge is 2.09. The summed E-state index contributed by atoms with van der Waals surface area (Å²) in [6.07, 6.45) is 2.47. The van der Waals surface area contributed by atoms with Gasteiger partial charge in [0.05, 0.1) is 6.20 Å². The van der Waals surface area contributed by atoms with E-state index < -0.39 is 0 Å². The maximum Gasteiger partial charge on any atom is 0.196 e. The van der Waals surface area contributed by atoms with Gasteiger partial charge in [0.1, 0.15) is 0 Å². The Labute approximate surface area is 109 Å². The molecular weight excluding hydrogens is 284 g/mol. The van der Waals surface area contributed by atoms with Crippen molar-refractivity contribution >= 4 is 15.9 Å². The molecule has 0 unspecified atom stereocenters. The zero-order valence-electron chi connectivity index (χ0n) is 9.87. The number of nitrogens with one attached hydrogen (secondary N) is 1. The van der Waals surface area contributed by atoms with Crippen LogP contribution in [0.3, 0.4) is 0 Å². The standard InChI is InChI=1S/C12H15BrN2O2/c1-8(2)14-6-5-12-15-7-10(17-12)9-3-4-11(13)16-9/h3-4,7-8,14H,5-6H2,1-2H3. The van der Waals surface area contributed by atoms with Crippen molar-refractivity contribution in [3.05, 3.63) is 28.9 Å². The number of rotatable bonds is 5. The summed E-state index contributed by atoms with van der Waals surface area (Å²) in [4.78, 5) is 4.22. The van der Waals surface area contributed by atoms with Gasteiger partial charge in [0.25, 0.3) is 0 Å². The summed E-state index contributed by atoms with van der Waals surface area (Å²) in [5.74, 6) is 2.07. The van der Waals surface area contributed by atoms with Crippen LogP contribution in [-0.4, -0.2) is 17.6 Å². The largest absolute Gasteiger partial charge is 0.446 e. The summed E-state index contributed by atoms with van der Waals surface area (Å²) in [5.41, 5.74) is 0. The highest BCUT2D eigenvalue weighted by Crippen LogP contribution is 2.25. The number of aromatic nitrogens is 1. The number of hydrogen-bond acceptors (Lipinski definition) is 4. The summed E-state index contributed by atoms with van der Waals surface area (Å²) in [6.45, 7) is 5.09. The fourth-order valence-electron chi connectivity index (χ4n) is 1.45. The lowest BCUT2D eigenvalue weighted by Gasteiger charge is -2.05. The van der Waals surface area contributed by atoms with Crippen molar-refractivity contribution in [3.63, 3.8) is 0 Å². The summed E-state index contributed by atoms with van der Waals surface area (Å²) in [5, 5.41) is 3.32. The van der Waals surface area contributed by atoms with Gasteiger partial charge in [-0.25, -0.2) is 4.98 Å². The van der Waals surface area contributed by atoms with Crippen molar-refractivity contribution in [2.45, 2.75) is 26.3 Å². The lowest BCUT2D eigenvalue weighted by molar-refractivity contribution is 0.464. The van der Waals surface area contributed by atoms with Crippen molar-refractivity contribution in [3.8, 4) is 11.5 Å². The number of oxazole rings is 1. The van der Waals surface area contributed by atoms with E-state index >= 15 is 0 Å². The number of hydrogen-bond donors (Lipinski definition) is 1. The van der Waals surface area contributed by atoms with E-state index in [1.165, 1.54) is 0 Å². The van der Waals surface area contributed by atoms with Crippen LogP contribution < -0.4 is 5.32 Å². The van der Waals surface area contributed by atoms with Gasteiger partial charge in [0.15, 0.2) is 22.1 Å². The zero-order chi connectivity index (χ0) is 12.3.